The molecule has 3 heterocycles. The number of halogens is 1. The van der Waals surface area contributed by atoms with Crippen LogP contribution in [0.2, 0.25) is 5.02 Å². The second kappa shape index (κ2) is 10.2. The third kappa shape index (κ3) is 4.25. The maximum Gasteiger partial charge on any atom is 0.332 e. The molecule has 0 saturated carbocycles. The summed E-state index contributed by atoms with van der Waals surface area (Å²) < 4.78 is 0. The van der Waals surface area contributed by atoms with Gasteiger partial charge in [-0.25, -0.2) is 9.69 Å². The van der Waals surface area contributed by atoms with Crippen molar-refractivity contribution in [2.45, 2.75) is 32.0 Å². The minimum Gasteiger partial charge on any atom is -0.356 e. The average Bonchev–Trinajstić information content (AvgIpc) is 3.49. The van der Waals surface area contributed by atoms with Gasteiger partial charge in [0.25, 0.3) is 11.8 Å². The molecule has 5 aromatic rings. The lowest BCUT2D eigenvalue weighted by Gasteiger charge is -2.36. The van der Waals surface area contributed by atoms with Crippen molar-refractivity contribution in [2.24, 2.45) is 0 Å². The van der Waals surface area contributed by atoms with Crippen molar-refractivity contribution in [1.29, 1.82) is 0 Å². The number of aryl methyl sites for hydroxylation is 1. The third-order valence-electron chi connectivity index (χ3n) is 8.18. The van der Waals surface area contributed by atoms with Crippen molar-refractivity contribution in [1.82, 2.24) is 15.2 Å². The van der Waals surface area contributed by atoms with Crippen molar-refractivity contribution in [3.05, 3.63) is 136 Å². The van der Waals surface area contributed by atoms with Crippen molar-refractivity contribution in [3.8, 4) is 0 Å². The van der Waals surface area contributed by atoms with Gasteiger partial charge in [0, 0.05) is 34.6 Å². The van der Waals surface area contributed by atoms with E-state index in [1.54, 1.807) is 35.2 Å². The quantitative estimate of drug-likeness (QED) is 0.234. The maximum atomic E-state index is 14.3. The number of nitrogens with one attached hydrogen (secondary N) is 2. The van der Waals surface area contributed by atoms with Crippen molar-refractivity contribution in [3.63, 3.8) is 0 Å². The predicted octanol–water partition coefficient (Wildman–Crippen LogP) is 6.54. The van der Waals surface area contributed by atoms with Crippen molar-refractivity contribution >= 4 is 46.0 Å². The lowest BCUT2D eigenvalue weighted by Crippen LogP contribution is -2.44. The van der Waals surface area contributed by atoms with Crippen LogP contribution in [-0.2, 0) is 17.8 Å². The Kier molecular flexibility index (Phi) is 6.32. The van der Waals surface area contributed by atoms with E-state index in [4.69, 9.17) is 11.6 Å². The molecule has 1 saturated heterocycles. The number of aromatic amines is 1. The number of nitrogens with zero attached hydrogens (tertiary/aromatic N) is 2. The van der Waals surface area contributed by atoms with Gasteiger partial charge in [-0.05, 0) is 53.9 Å². The van der Waals surface area contributed by atoms with Gasteiger partial charge in [-0.2, -0.15) is 0 Å². The summed E-state index contributed by atoms with van der Waals surface area (Å²) in [5.41, 5.74) is 6.22. The number of aromatic nitrogens is 1. The molecule has 2 aliphatic heterocycles. The van der Waals surface area contributed by atoms with Gasteiger partial charge in [-0.15, -0.1) is 0 Å². The highest BCUT2D eigenvalue weighted by atomic mass is 35.5. The van der Waals surface area contributed by atoms with Gasteiger partial charge in [-0.3, -0.25) is 14.5 Å². The van der Waals surface area contributed by atoms with Crippen LogP contribution < -0.4 is 10.2 Å². The monoisotopic (exact) mass is 574 g/mol. The molecule has 0 aliphatic carbocycles. The Labute approximate surface area is 247 Å². The zero-order valence-electron chi connectivity index (χ0n) is 22.8. The summed E-state index contributed by atoms with van der Waals surface area (Å²) in [5.74, 6) is -0.721. The largest absolute Gasteiger partial charge is 0.356 e. The smallest absolute Gasteiger partial charge is 0.332 e. The van der Waals surface area contributed by atoms with E-state index in [9.17, 15) is 14.4 Å². The average molecular weight is 575 g/mol. The molecule has 4 amide bonds. The van der Waals surface area contributed by atoms with Crippen LogP contribution in [0.4, 0.5) is 10.5 Å². The number of hydrogen-bond donors (Lipinski definition) is 2. The van der Waals surface area contributed by atoms with E-state index in [-0.39, 0.29) is 23.1 Å². The zero-order chi connectivity index (χ0) is 29.0. The normalized spacial score (nSPS) is 17.9. The Morgan fingerprint density at radius 2 is 1.71 bits per heavy atom. The fourth-order valence-electron chi connectivity index (χ4n) is 6.16. The van der Waals surface area contributed by atoms with Gasteiger partial charge in [0.1, 0.15) is 12.1 Å². The van der Waals surface area contributed by atoms with Crippen LogP contribution in [0, 0.1) is 6.92 Å². The minimum absolute atomic E-state index is 0.259. The van der Waals surface area contributed by atoms with Gasteiger partial charge < -0.3 is 10.3 Å². The van der Waals surface area contributed by atoms with E-state index < -0.39 is 18.1 Å². The molecule has 0 bridgehead atoms. The molecule has 208 valence electrons. The van der Waals surface area contributed by atoms with Gasteiger partial charge in [-0.1, -0.05) is 83.9 Å². The second-order valence-electron chi connectivity index (χ2n) is 10.8. The number of benzene rings is 4. The zero-order valence-corrected chi connectivity index (χ0v) is 23.6. The first-order chi connectivity index (χ1) is 20.4. The molecule has 2 aliphatic rings. The standard InChI is InChI=1S/C34H27ClN4O3/c1-20-13-15-21(16-14-20)19-36-32(40)25-10-3-5-12-28(25)39-33(41)29-18-26-24-9-2-4-11-27(24)37-30(26)31(38(29)34(39)42)22-7-6-8-23(35)17-22/h2-17,29,31,37H,18-19H2,1H3,(H,36,40)/t29-,31-/m0/s1. The Bertz CT molecular complexity index is 1880. The summed E-state index contributed by atoms with van der Waals surface area (Å²) in [4.78, 5) is 48.1. The third-order valence-corrected chi connectivity index (χ3v) is 8.41. The molecule has 7 rings (SSSR count). The maximum absolute atomic E-state index is 14.3. The Morgan fingerprint density at radius 1 is 0.952 bits per heavy atom. The molecular weight excluding hydrogens is 548 g/mol. The number of anilines is 1. The van der Waals surface area contributed by atoms with Crippen LogP contribution in [0.3, 0.4) is 0 Å². The van der Waals surface area contributed by atoms with Gasteiger partial charge in [0.2, 0.25) is 0 Å². The molecule has 0 radical (unpaired) electrons. The lowest BCUT2D eigenvalue weighted by atomic mass is 9.89. The first kappa shape index (κ1) is 26.0. The van der Waals surface area contributed by atoms with E-state index in [2.05, 4.69) is 10.3 Å². The molecule has 0 unspecified atom stereocenters. The summed E-state index contributed by atoms with van der Waals surface area (Å²) in [7, 11) is 0. The molecule has 4 aromatic carbocycles. The molecule has 0 spiro atoms. The molecule has 2 atom stereocenters. The molecule has 7 nitrogen and oxygen atoms in total. The summed E-state index contributed by atoms with van der Waals surface area (Å²) in [6, 6.07) is 28.2. The number of urea groups is 1. The first-order valence-electron chi connectivity index (χ1n) is 13.8. The van der Waals surface area contributed by atoms with E-state index in [0.29, 0.717) is 18.0 Å². The van der Waals surface area contributed by atoms with E-state index in [0.717, 1.165) is 43.8 Å². The second-order valence-corrected chi connectivity index (χ2v) is 11.2. The number of rotatable bonds is 5. The highest BCUT2D eigenvalue weighted by Crippen LogP contribution is 2.45. The predicted molar refractivity (Wildman–Crippen MR) is 163 cm³/mol. The van der Waals surface area contributed by atoms with Crippen LogP contribution in [0.1, 0.15) is 44.3 Å². The van der Waals surface area contributed by atoms with Crippen LogP contribution in [0.25, 0.3) is 10.9 Å². The summed E-state index contributed by atoms with van der Waals surface area (Å²) in [6.45, 7) is 2.33. The number of imide groups is 1. The fourth-order valence-corrected chi connectivity index (χ4v) is 6.36. The van der Waals surface area contributed by atoms with E-state index in [1.807, 2.05) is 73.7 Å². The molecule has 8 heteroatoms. The lowest BCUT2D eigenvalue weighted by molar-refractivity contribution is -0.120. The van der Waals surface area contributed by atoms with Crippen LogP contribution in [0.15, 0.2) is 97.1 Å². The summed E-state index contributed by atoms with van der Waals surface area (Å²) >= 11 is 6.40. The van der Waals surface area contributed by atoms with Crippen LogP contribution in [0.5, 0.6) is 0 Å². The fraction of sp³-hybridized carbons (Fsp3) is 0.147. The molecular formula is C34H27ClN4O3. The van der Waals surface area contributed by atoms with Gasteiger partial charge in [0.15, 0.2) is 0 Å². The Hall–Kier alpha value is -4.88. The number of para-hydroxylation sites is 2. The number of hydrogen-bond acceptors (Lipinski definition) is 3. The number of fused-ring (bicyclic) bond motifs is 4. The van der Waals surface area contributed by atoms with Crippen LogP contribution in [-0.4, -0.2) is 33.8 Å². The summed E-state index contributed by atoms with van der Waals surface area (Å²) in [6.07, 6.45) is 0.360. The number of carbonyl (C=O) groups excluding carboxylic acids is 3. The number of amides is 4. The van der Waals surface area contributed by atoms with Gasteiger partial charge in [0.05, 0.1) is 11.3 Å². The van der Waals surface area contributed by atoms with Crippen molar-refractivity contribution < 1.29 is 14.4 Å². The molecule has 1 fully saturated rings. The van der Waals surface area contributed by atoms with Crippen LogP contribution >= 0.6 is 11.6 Å². The van der Waals surface area contributed by atoms with Gasteiger partial charge >= 0.3 is 6.03 Å². The SMILES string of the molecule is Cc1ccc(CNC(=O)c2ccccc2N2C(=O)[C@@H]3Cc4c([nH]c5ccccc45)[C@H](c4cccc(Cl)c4)N3C2=O)cc1. The van der Waals surface area contributed by atoms with Crippen molar-refractivity contribution in [2.75, 3.05) is 4.90 Å². The number of carbonyl (C=O) groups is 3. The highest BCUT2D eigenvalue weighted by Gasteiger charge is 2.53. The highest BCUT2D eigenvalue weighted by molar-refractivity contribution is 6.30. The van der Waals surface area contributed by atoms with E-state index >= 15 is 0 Å². The molecule has 2 N–H and O–H groups in total. The minimum atomic E-state index is -0.739. The van der Waals surface area contributed by atoms with E-state index in [1.165, 1.54) is 0 Å². The molecule has 1 aromatic heterocycles. The first-order valence-corrected chi connectivity index (χ1v) is 14.2. The summed E-state index contributed by atoms with van der Waals surface area (Å²) in [5, 5.41) is 4.50. The number of H-pyrrole nitrogens is 1. The topological polar surface area (TPSA) is 85.5 Å². The molecule has 42 heavy (non-hydrogen) atoms. The Balaban J connectivity index is 1.27. The Morgan fingerprint density at radius 3 is 2.52 bits per heavy atom.